The Labute approximate surface area is 124 Å². The van der Waals surface area contributed by atoms with E-state index in [0.29, 0.717) is 14.3 Å². The van der Waals surface area contributed by atoms with Gasteiger partial charge >= 0.3 is 0 Å². The van der Waals surface area contributed by atoms with Gasteiger partial charge in [0.15, 0.2) is 0 Å². The number of H-pyrrole nitrogens is 1. The Morgan fingerprint density at radius 1 is 1.47 bits per heavy atom. The van der Waals surface area contributed by atoms with Gasteiger partial charge in [-0.15, -0.1) is 0 Å². The van der Waals surface area contributed by atoms with Crippen LogP contribution in [0, 0.1) is 3.57 Å². The van der Waals surface area contributed by atoms with Crippen LogP contribution in [-0.4, -0.2) is 9.97 Å². The Kier molecular flexibility index (Phi) is 4.05. The summed E-state index contributed by atoms with van der Waals surface area (Å²) in [5.41, 5.74) is -0.248. The summed E-state index contributed by atoms with van der Waals surface area (Å²) >= 11 is 11.2. The highest BCUT2D eigenvalue weighted by molar-refractivity contribution is 14.1. The van der Waals surface area contributed by atoms with E-state index >= 15 is 0 Å². The quantitative estimate of drug-likeness (QED) is 0.746. The normalized spacial score (nSPS) is 10.3. The zero-order valence-corrected chi connectivity index (χ0v) is 12.7. The van der Waals surface area contributed by atoms with Crippen molar-refractivity contribution in [3.05, 3.63) is 47.9 Å². The fraction of sp³-hybridized carbons (Fsp3) is 0. The summed E-state index contributed by atoms with van der Waals surface area (Å²) < 4.78 is 6.71. The summed E-state index contributed by atoms with van der Waals surface area (Å²) in [5, 5.41) is 0.450. The minimum Gasteiger partial charge on any atom is -0.436 e. The molecule has 1 aromatic carbocycles. The molecule has 88 valence electrons. The van der Waals surface area contributed by atoms with Crippen LogP contribution in [0.15, 0.2) is 33.8 Å². The predicted octanol–water partition coefficient (Wildman–Crippen LogP) is 3.58. The van der Waals surface area contributed by atoms with Crippen LogP contribution in [0.5, 0.6) is 11.6 Å². The van der Waals surface area contributed by atoms with Gasteiger partial charge in [0.2, 0.25) is 5.88 Å². The molecule has 0 amide bonds. The molecule has 0 fully saturated rings. The molecule has 17 heavy (non-hydrogen) atoms. The van der Waals surface area contributed by atoms with E-state index in [1.165, 1.54) is 6.33 Å². The van der Waals surface area contributed by atoms with E-state index in [2.05, 4.69) is 25.9 Å². The van der Waals surface area contributed by atoms with Gasteiger partial charge in [0.05, 0.1) is 11.3 Å². The minimum absolute atomic E-state index is 0.231. The molecule has 0 saturated heterocycles. The van der Waals surface area contributed by atoms with Crippen molar-refractivity contribution in [2.24, 2.45) is 0 Å². The smallest absolute Gasteiger partial charge is 0.268 e. The van der Waals surface area contributed by atoms with Crippen LogP contribution in [0.4, 0.5) is 0 Å². The first-order valence-corrected chi connectivity index (χ1v) is 6.69. The number of rotatable bonds is 2. The number of hydrogen-bond acceptors (Lipinski definition) is 3. The van der Waals surface area contributed by atoms with Gasteiger partial charge < -0.3 is 9.72 Å². The molecule has 0 unspecified atom stereocenters. The van der Waals surface area contributed by atoms with Gasteiger partial charge in [0, 0.05) is 4.47 Å². The summed E-state index contributed by atoms with van der Waals surface area (Å²) in [7, 11) is 0. The fourth-order valence-corrected chi connectivity index (χ4v) is 2.00. The maximum absolute atomic E-state index is 11.4. The lowest BCUT2D eigenvalue weighted by atomic mass is 10.3. The van der Waals surface area contributed by atoms with Crippen molar-refractivity contribution in [3.8, 4) is 11.6 Å². The second kappa shape index (κ2) is 5.36. The Balaban J connectivity index is 2.41. The highest BCUT2D eigenvalue weighted by atomic mass is 127. The molecule has 2 aromatic rings. The second-order valence-corrected chi connectivity index (χ2v) is 5.43. The molecule has 1 aromatic heterocycles. The molecule has 0 radical (unpaired) electrons. The number of nitrogens with zero attached hydrogens (tertiary/aromatic N) is 1. The molecule has 0 atom stereocenters. The van der Waals surface area contributed by atoms with Crippen molar-refractivity contribution < 1.29 is 4.74 Å². The number of hydrogen-bond donors (Lipinski definition) is 1. The summed E-state index contributed by atoms with van der Waals surface area (Å²) in [6.07, 6.45) is 1.28. The van der Waals surface area contributed by atoms with Crippen molar-refractivity contribution in [1.82, 2.24) is 9.97 Å². The highest BCUT2D eigenvalue weighted by Crippen LogP contribution is 2.31. The molecular formula is C10H5BrClIN2O2. The van der Waals surface area contributed by atoms with Gasteiger partial charge in [0.25, 0.3) is 5.56 Å². The van der Waals surface area contributed by atoms with Crippen molar-refractivity contribution in [2.45, 2.75) is 0 Å². The van der Waals surface area contributed by atoms with Crippen LogP contribution in [0.25, 0.3) is 0 Å². The van der Waals surface area contributed by atoms with E-state index < -0.39 is 0 Å². The fourth-order valence-electron chi connectivity index (χ4n) is 1.10. The summed E-state index contributed by atoms with van der Waals surface area (Å²) in [4.78, 5) is 17.8. The lowest BCUT2D eigenvalue weighted by molar-refractivity contribution is 0.456. The maximum atomic E-state index is 11.4. The number of aromatic amines is 1. The van der Waals surface area contributed by atoms with Crippen LogP contribution in [0.2, 0.25) is 5.02 Å². The van der Waals surface area contributed by atoms with Gasteiger partial charge in [-0.3, -0.25) is 4.79 Å². The molecule has 7 heteroatoms. The molecule has 1 N–H and O–H groups in total. The first-order chi connectivity index (χ1) is 8.08. The molecule has 2 rings (SSSR count). The Bertz CT molecular complexity index is 617. The van der Waals surface area contributed by atoms with E-state index in [9.17, 15) is 4.79 Å². The molecule has 0 aliphatic heterocycles. The molecule has 0 spiro atoms. The number of aromatic nitrogens is 2. The lowest BCUT2D eigenvalue weighted by Crippen LogP contribution is -2.11. The van der Waals surface area contributed by atoms with E-state index in [1.807, 2.05) is 22.6 Å². The average molecular weight is 427 g/mol. The monoisotopic (exact) mass is 426 g/mol. The number of halogens is 3. The number of benzene rings is 1. The summed E-state index contributed by atoms with van der Waals surface area (Å²) in [5.74, 6) is 0.673. The third-order valence-electron chi connectivity index (χ3n) is 1.86. The molecule has 1 heterocycles. The van der Waals surface area contributed by atoms with Crippen LogP contribution >= 0.6 is 50.1 Å². The molecule has 4 nitrogen and oxygen atoms in total. The van der Waals surface area contributed by atoms with Crippen LogP contribution in [0.1, 0.15) is 0 Å². The molecular weight excluding hydrogens is 422 g/mol. The first kappa shape index (κ1) is 12.8. The van der Waals surface area contributed by atoms with Gasteiger partial charge in [0.1, 0.15) is 9.32 Å². The Morgan fingerprint density at radius 2 is 2.24 bits per heavy atom. The van der Waals surface area contributed by atoms with Crippen LogP contribution in [-0.2, 0) is 0 Å². The molecule has 0 aliphatic rings. The zero-order chi connectivity index (χ0) is 12.4. The first-order valence-electron chi connectivity index (χ1n) is 4.44. The maximum Gasteiger partial charge on any atom is 0.268 e. The predicted molar refractivity (Wildman–Crippen MR) is 76.8 cm³/mol. The van der Waals surface area contributed by atoms with Crippen LogP contribution in [0.3, 0.4) is 0 Å². The van der Waals surface area contributed by atoms with Crippen molar-refractivity contribution in [1.29, 1.82) is 0 Å². The van der Waals surface area contributed by atoms with Gasteiger partial charge in [-0.25, -0.2) is 4.98 Å². The summed E-state index contributed by atoms with van der Waals surface area (Å²) in [6, 6.07) is 5.20. The molecule has 0 aliphatic carbocycles. The second-order valence-electron chi connectivity index (χ2n) is 3.03. The van der Waals surface area contributed by atoms with Crippen molar-refractivity contribution in [2.75, 3.05) is 0 Å². The third-order valence-corrected chi connectivity index (χ3v) is 3.62. The topological polar surface area (TPSA) is 55.0 Å². The summed E-state index contributed by atoms with van der Waals surface area (Å²) in [6.45, 7) is 0. The number of ether oxygens (including phenoxy) is 1. The largest absolute Gasteiger partial charge is 0.436 e. The zero-order valence-electron chi connectivity index (χ0n) is 8.21. The highest BCUT2D eigenvalue weighted by Gasteiger charge is 2.10. The standard InChI is InChI=1S/C10H5BrClIN2O2/c11-5-1-2-6(12)7(3-5)17-10-8(13)9(16)14-4-15-10/h1-4H,(H,14,15,16). The van der Waals surface area contributed by atoms with Crippen LogP contribution < -0.4 is 10.3 Å². The van der Waals surface area contributed by atoms with Crippen molar-refractivity contribution in [3.63, 3.8) is 0 Å². The molecule has 0 bridgehead atoms. The Hall–Kier alpha value is -0.600. The van der Waals surface area contributed by atoms with Crippen molar-refractivity contribution >= 4 is 50.1 Å². The van der Waals surface area contributed by atoms with E-state index in [1.54, 1.807) is 18.2 Å². The minimum atomic E-state index is -0.248. The SMILES string of the molecule is O=c1[nH]cnc(Oc2cc(Br)ccc2Cl)c1I. The van der Waals surface area contributed by atoms with Gasteiger partial charge in [-0.05, 0) is 40.8 Å². The van der Waals surface area contributed by atoms with E-state index in [-0.39, 0.29) is 11.4 Å². The van der Waals surface area contributed by atoms with Gasteiger partial charge in [-0.2, -0.15) is 0 Å². The van der Waals surface area contributed by atoms with Gasteiger partial charge in [-0.1, -0.05) is 27.5 Å². The molecule has 0 saturated carbocycles. The third kappa shape index (κ3) is 2.99. The van der Waals surface area contributed by atoms with E-state index in [0.717, 1.165) is 4.47 Å². The lowest BCUT2D eigenvalue weighted by Gasteiger charge is -2.07. The Morgan fingerprint density at radius 3 is 3.00 bits per heavy atom. The average Bonchev–Trinajstić information content (AvgIpc) is 2.30. The number of nitrogens with one attached hydrogen (secondary N) is 1. The van der Waals surface area contributed by atoms with E-state index in [4.69, 9.17) is 16.3 Å².